The minimum Gasteiger partial charge on any atom is -0.445 e. The molecule has 0 bridgehead atoms. The Balaban J connectivity index is 2.76. The number of hydrogen-bond donors (Lipinski definition) is 0. The second kappa shape index (κ2) is 6.93. The molecular weight excluding hydrogens is 212 g/mol. The molecule has 0 aliphatic carbocycles. The van der Waals surface area contributed by atoms with Crippen LogP contribution in [0.5, 0.6) is 0 Å². The molecule has 0 aliphatic rings. The van der Waals surface area contributed by atoms with E-state index in [0.717, 1.165) is 5.56 Å². The topological polar surface area (TPSA) is 26.3 Å². The highest BCUT2D eigenvalue weighted by Gasteiger charge is 2.03. The third kappa shape index (κ3) is 5.25. The van der Waals surface area contributed by atoms with Crippen molar-refractivity contribution in [1.82, 2.24) is 0 Å². The van der Waals surface area contributed by atoms with Crippen LogP contribution in [0.3, 0.4) is 0 Å². The van der Waals surface area contributed by atoms with Crippen molar-refractivity contribution in [1.29, 1.82) is 0 Å². The van der Waals surface area contributed by atoms with Crippen molar-refractivity contribution in [3.05, 3.63) is 42.0 Å². The fourth-order valence-electron chi connectivity index (χ4n) is 1.17. The van der Waals surface area contributed by atoms with Crippen LogP contribution in [0.25, 0.3) is 6.08 Å². The summed E-state index contributed by atoms with van der Waals surface area (Å²) in [5.74, 6) is 6.89. The summed E-state index contributed by atoms with van der Waals surface area (Å²) >= 11 is 0. The Morgan fingerprint density at radius 3 is 2.71 bits per heavy atom. The molecular formula is C15H12O2. The molecule has 0 spiro atoms. The molecule has 2 heteroatoms. The first-order valence-electron chi connectivity index (χ1n) is 5.09. The molecule has 0 heterocycles. The quantitative estimate of drug-likeness (QED) is 0.581. The molecule has 1 rings (SSSR count). The van der Waals surface area contributed by atoms with E-state index >= 15 is 0 Å². The summed E-state index contributed by atoms with van der Waals surface area (Å²) in [5.41, 5.74) is 1.01. The number of carbonyl (C=O) groups is 1. The van der Waals surface area contributed by atoms with Gasteiger partial charge >= 0.3 is 5.97 Å². The van der Waals surface area contributed by atoms with E-state index in [4.69, 9.17) is 11.2 Å². The Morgan fingerprint density at radius 1 is 1.41 bits per heavy atom. The van der Waals surface area contributed by atoms with E-state index in [1.165, 1.54) is 6.92 Å². The van der Waals surface area contributed by atoms with E-state index in [9.17, 15) is 4.79 Å². The summed E-state index contributed by atoms with van der Waals surface area (Å²) in [6.07, 6.45) is 7.95. The predicted molar refractivity (Wildman–Crippen MR) is 67.6 cm³/mol. The molecule has 0 N–H and O–H groups in total. The number of rotatable bonds is 3. The van der Waals surface area contributed by atoms with Gasteiger partial charge in [-0.25, -0.2) is 0 Å². The van der Waals surface area contributed by atoms with Gasteiger partial charge in [0.25, 0.3) is 0 Å². The first-order valence-corrected chi connectivity index (χ1v) is 5.09. The van der Waals surface area contributed by atoms with Crippen LogP contribution in [-0.4, -0.2) is 12.1 Å². The van der Waals surface area contributed by atoms with Crippen molar-refractivity contribution in [2.24, 2.45) is 0 Å². The SMILES string of the molecule is C#CC#CC(/C=C/c1ccccc1)OC(C)=O. The number of benzene rings is 1. The maximum atomic E-state index is 10.9. The van der Waals surface area contributed by atoms with Crippen LogP contribution in [0.2, 0.25) is 0 Å². The van der Waals surface area contributed by atoms with Crippen LogP contribution < -0.4 is 0 Å². The highest BCUT2D eigenvalue weighted by atomic mass is 16.5. The van der Waals surface area contributed by atoms with Gasteiger partial charge < -0.3 is 4.74 Å². The van der Waals surface area contributed by atoms with E-state index < -0.39 is 6.10 Å². The molecule has 1 unspecified atom stereocenters. The average molecular weight is 224 g/mol. The van der Waals surface area contributed by atoms with Gasteiger partial charge in [0.05, 0.1) is 0 Å². The first kappa shape index (κ1) is 12.6. The molecule has 0 aromatic heterocycles. The third-order valence-electron chi connectivity index (χ3n) is 1.84. The lowest BCUT2D eigenvalue weighted by Gasteiger charge is -2.05. The van der Waals surface area contributed by atoms with Gasteiger partial charge in [0.2, 0.25) is 0 Å². The molecule has 0 saturated carbocycles. The van der Waals surface area contributed by atoms with Crippen LogP contribution >= 0.6 is 0 Å². The summed E-state index contributed by atoms with van der Waals surface area (Å²) in [4.78, 5) is 10.9. The highest BCUT2D eigenvalue weighted by molar-refractivity contribution is 5.67. The Labute approximate surface area is 101 Å². The summed E-state index contributed by atoms with van der Waals surface area (Å²) in [7, 11) is 0. The second-order valence-electron chi connectivity index (χ2n) is 3.21. The number of carbonyl (C=O) groups excluding carboxylic acids is 1. The molecule has 1 aromatic rings. The fraction of sp³-hybridized carbons (Fsp3) is 0.133. The van der Waals surface area contributed by atoms with Gasteiger partial charge in [-0.1, -0.05) is 36.4 Å². The van der Waals surface area contributed by atoms with Crippen LogP contribution in [0.4, 0.5) is 0 Å². The zero-order valence-corrected chi connectivity index (χ0v) is 9.51. The Morgan fingerprint density at radius 2 is 2.12 bits per heavy atom. The fourth-order valence-corrected chi connectivity index (χ4v) is 1.17. The zero-order chi connectivity index (χ0) is 12.5. The Kier molecular flexibility index (Phi) is 5.14. The minimum atomic E-state index is -0.608. The van der Waals surface area contributed by atoms with Crippen molar-refractivity contribution >= 4 is 12.0 Å². The van der Waals surface area contributed by atoms with Crippen molar-refractivity contribution < 1.29 is 9.53 Å². The molecule has 2 nitrogen and oxygen atoms in total. The minimum absolute atomic E-state index is 0.390. The molecule has 0 radical (unpaired) electrons. The number of hydrogen-bond acceptors (Lipinski definition) is 2. The van der Waals surface area contributed by atoms with E-state index in [2.05, 4.69) is 17.8 Å². The zero-order valence-electron chi connectivity index (χ0n) is 9.51. The maximum Gasteiger partial charge on any atom is 0.304 e. The predicted octanol–water partition coefficient (Wildman–Crippen LogP) is 2.27. The average Bonchev–Trinajstić information content (AvgIpc) is 2.33. The summed E-state index contributed by atoms with van der Waals surface area (Å²) < 4.78 is 4.98. The van der Waals surface area contributed by atoms with Crippen LogP contribution in [0.1, 0.15) is 12.5 Å². The lowest BCUT2D eigenvalue weighted by molar-refractivity contribution is -0.142. The molecule has 17 heavy (non-hydrogen) atoms. The van der Waals surface area contributed by atoms with Gasteiger partial charge in [-0.2, -0.15) is 0 Å². The molecule has 84 valence electrons. The van der Waals surface area contributed by atoms with E-state index in [-0.39, 0.29) is 5.97 Å². The van der Waals surface area contributed by atoms with Gasteiger partial charge in [0.15, 0.2) is 6.10 Å². The van der Waals surface area contributed by atoms with Crippen molar-refractivity contribution in [3.63, 3.8) is 0 Å². The standard InChI is InChI=1S/C15H12O2/c1-3-4-10-15(17-13(2)16)12-11-14-8-6-5-7-9-14/h1,5-9,11-12,15H,2H3/b12-11+. The largest absolute Gasteiger partial charge is 0.445 e. The molecule has 0 aliphatic heterocycles. The van der Waals surface area contributed by atoms with Gasteiger partial charge in [-0.05, 0) is 29.4 Å². The first-order chi connectivity index (χ1) is 8.22. The van der Waals surface area contributed by atoms with Gasteiger partial charge in [0, 0.05) is 6.92 Å². The smallest absolute Gasteiger partial charge is 0.304 e. The number of ether oxygens (including phenoxy) is 1. The third-order valence-corrected chi connectivity index (χ3v) is 1.84. The summed E-state index contributed by atoms with van der Waals surface area (Å²) in [6.45, 7) is 1.33. The van der Waals surface area contributed by atoms with Crippen molar-refractivity contribution in [2.75, 3.05) is 0 Å². The molecule has 0 fully saturated rings. The second-order valence-corrected chi connectivity index (χ2v) is 3.21. The lowest BCUT2D eigenvalue weighted by atomic mass is 10.2. The van der Waals surface area contributed by atoms with Gasteiger partial charge in [-0.3, -0.25) is 4.79 Å². The van der Waals surface area contributed by atoms with Crippen molar-refractivity contribution in [2.45, 2.75) is 13.0 Å². The van der Waals surface area contributed by atoms with E-state index in [0.29, 0.717) is 0 Å². The van der Waals surface area contributed by atoms with E-state index in [1.807, 2.05) is 36.4 Å². The van der Waals surface area contributed by atoms with Crippen LogP contribution in [-0.2, 0) is 9.53 Å². The van der Waals surface area contributed by atoms with Crippen LogP contribution in [0, 0.1) is 24.2 Å². The maximum absolute atomic E-state index is 10.9. The lowest BCUT2D eigenvalue weighted by Crippen LogP contribution is -2.11. The highest BCUT2D eigenvalue weighted by Crippen LogP contribution is 2.03. The molecule has 1 atom stereocenters. The molecule has 1 aromatic carbocycles. The normalized spacial score (nSPS) is 11.1. The van der Waals surface area contributed by atoms with Gasteiger partial charge in [0.1, 0.15) is 0 Å². The molecule has 0 amide bonds. The Bertz CT molecular complexity index is 495. The Hall–Kier alpha value is -2.45. The monoisotopic (exact) mass is 224 g/mol. The van der Waals surface area contributed by atoms with E-state index in [1.54, 1.807) is 6.08 Å². The van der Waals surface area contributed by atoms with Gasteiger partial charge in [-0.15, -0.1) is 6.42 Å². The summed E-state index contributed by atoms with van der Waals surface area (Å²) in [6, 6.07) is 9.66. The summed E-state index contributed by atoms with van der Waals surface area (Å²) in [5, 5.41) is 0. The van der Waals surface area contributed by atoms with Crippen molar-refractivity contribution in [3.8, 4) is 24.2 Å². The number of terminal acetylenes is 1. The molecule has 0 saturated heterocycles. The number of esters is 1. The van der Waals surface area contributed by atoms with Crippen LogP contribution in [0.15, 0.2) is 36.4 Å².